The molecular formula is C23H22FNO3. The molecule has 0 unspecified atom stereocenters. The van der Waals surface area contributed by atoms with Gasteiger partial charge in [-0.2, -0.15) is 0 Å². The van der Waals surface area contributed by atoms with Gasteiger partial charge < -0.3 is 9.64 Å². The number of fused-ring (bicyclic) bond motifs is 1. The summed E-state index contributed by atoms with van der Waals surface area (Å²) in [5, 5.41) is 0. The van der Waals surface area contributed by atoms with Crippen LogP contribution in [0.1, 0.15) is 25.0 Å². The fourth-order valence-corrected chi connectivity index (χ4v) is 3.42. The summed E-state index contributed by atoms with van der Waals surface area (Å²) in [6.07, 6.45) is 4.15. The van der Waals surface area contributed by atoms with E-state index < -0.39 is 5.97 Å². The summed E-state index contributed by atoms with van der Waals surface area (Å²) in [6.45, 7) is 3.76. The van der Waals surface area contributed by atoms with Gasteiger partial charge in [0, 0.05) is 36.0 Å². The van der Waals surface area contributed by atoms with Crippen LogP contribution in [0.5, 0.6) is 0 Å². The van der Waals surface area contributed by atoms with Gasteiger partial charge in [-0.1, -0.05) is 44.2 Å². The van der Waals surface area contributed by atoms with Crippen LogP contribution in [0.3, 0.4) is 0 Å². The fraction of sp³-hybridized carbons (Fsp3) is 0.217. The Balaban J connectivity index is 1.63. The molecule has 0 bridgehead atoms. The Labute approximate surface area is 163 Å². The number of allylic oxidation sites excluding steroid dienone is 1. The molecule has 0 radical (unpaired) electrons. The van der Waals surface area contributed by atoms with Crippen molar-refractivity contribution in [2.45, 2.75) is 19.3 Å². The lowest BCUT2D eigenvalue weighted by Gasteiger charge is -2.23. The van der Waals surface area contributed by atoms with Crippen LogP contribution in [-0.2, 0) is 19.7 Å². The molecule has 1 heterocycles. The van der Waals surface area contributed by atoms with Crippen molar-refractivity contribution in [2.24, 2.45) is 0 Å². The molecule has 1 aliphatic rings. The normalized spacial score (nSPS) is 16.4. The highest BCUT2D eigenvalue weighted by Crippen LogP contribution is 2.46. The molecule has 0 aliphatic carbocycles. The number of anilines is 1. The highest BCUT2D eigenvalue weighted by molar-refractivity contribution is 5.96. The van der Waals surface area contributed by atoms with E-state index in [0.717, 1.165) is 16.9 Å². The fourth-order valence-electron chi connectivity index (χ4n) is 3.42. The second kappa shape index (κ2) is 7.80. The Bertz CT molecular complexity index is 975. The zero-order chi connectivity index (χ0) is 20.3. The van der Waals surface area contributed by atoms with E-state index in [2.05, 4.69) is 13.8 Å². The van der Waals surface area contributed by atoms with Gasteiger partial charge in [-0.25, -0.2) is 9.18 Å². The minimum absolute atomic E-state index is 0.296. The maximum absolute atomic E-state index is 13.1. The molecule has 144 valence electrons. The topological polar surface area (TPSA) is 46.6 Å². The maximum atomic E-state index is 13.1. The van der Waals surface area contributed by atoms with Crippen LogP contribution in [0.15, 0.2) is 66.4 Å². The Kier molecular flexibility index (Phi) is 5.45. The van der Waals surface area contributed by atoms with Crippen molar-refractivity contribution in [3.63, 3.8) is 0 Å². The first-order valence-corrected chi connectivity index (χ1v) is 8.97. The number of benzene rings is 2. The standard InChI is InChI=1S/C23H22FNO3/c1-23(2)19-9-4-5-10-20(19)25(3)21(23)14-18(26)15-28-22(27)12-11-16-7-6-8-17(24)13-16/h4-14H,15H2,1-3H3/b12-11+,21-14-. The molecule has 0 amide bonds. The van der Waals surface area contributed by atoms with Crippen LogP contribution < -0.4 is 4.90 Å². The predicted molar refractivity (Wildman–Crippen MR) is 107 cm³/mol. The van der Waals surface area contributed by atoms with E-state index in [1.54, 1.807) is 12.1 Å². The molecule has 2 aromatic rings. The quantitative estimate of drug-likeness (QED) is 0.575. The summed E-state index contributed by atoms with van der Waals surface area (Å²) in [6, 6.07) is 13.8. The van der Waals surface area contributed by atoms with E-state index in [9.17, 15) is 14.0 Å². The summed E-state index contributed by atoms with van der Waals surface area (Å²) in [7, 11) is 1.92. The van der Waals surface area contributed by atoms with Gasteiger partial charge in [0.15, 0.2) is 12.4 Å². The van der Waals surface area contributed by atoms with Crippen LogP contribution in [0.25, 0.3) is 6.08 Å². The summed E-state index contributed by atoms with van der Waals surface area (Å²) in [5.41, 5.74) is 3.28. The molecule has 1 aliphatic heterocycles. The second-order valence-corrected chi connectivity index (χ2v) is 7.19. The van der Waals surface area contributed by atoms with Crippen molar-refractivity contribution >= 4 is 23.5 Å². The Morgan fingerprint density at radius 1 is 1.14 bits per heavy atom. The van der Waals surface area contributed by atoms with E-state index >= 15 is 0 Å². The van der Waals surface area contributed by atoms with Gasteiger partial charge in [0.1, 0.15) is 5.82 Å². The van der Waals surface area contributed by atoms with Crippen molar-refractivity contribution in [3.05, 3.63) is 83.3 Å². The Hall–Kier alpha value is -3.21. The second-order valence-electron chi connectivity index (χ2n) is 7.19. The van der Waals surface area contributed by atoms with Gasteiger partial charge in [0.25, 0.3) is 0 Å². The van der Waals surface area contributed by atoms with Crippen molar-refractivity contribution < 1.29 is 18.7 Å². The van der Waals surface area contributed by atoms with E-state index in [1.807, 2.05) is 36.2 Å². The van der Waals surface area contributed by atoms with Crippen molar-refractivity contribution in [3.8, 4) is 0 Å². The molecule has 0 saturated carbocycles. The van der Waals surface area contributed by atoms with Gasteiger partial charge >= 0.3 is 5.97 Å². The monoisotopic (exact) mass is 379 g/mol. The third-order valence-corrected chi connectivity index (χ3v) is 4.86. The number of ketones is 1. The minimum Gasteiger partial charge on any atom is -0.454 e. The van der Waals surface area contributed by atoms with Crippen molar-refractivity contribution in [1.82, 2.24) is 0 Å². The third kappa shape index (κ3) is 4.03. The molecular weight excluding hydrogens is 357 g/mol. The molecule has 0 atom stereocenters. The number of rotatable bonds is 5. The van der Waals surface area contributed by atoms with Crippen LogP contribution in [0.2, 0.25) is 0 Å². The first kappa shape index (κ1) is 19.5. The molecule has 0 fully saturated rings. The van der Waals surface area contributed by atoms with Gasteiger partial charge in [-0.15, -0.1) is 0 Å². The smallest absolute Gasteiger partial charge is 0.331 e. The zero-order valence-corrected chi connectivity index (χ0v) is 16.1. The number of carbonyl (C=O) groups excluding carboxylic acids is 2. The number of para-hydroxylation sites is 1. The number of hydrogen-bond acceptors (Lipinski definition) is 4. The van der Waals surface area contributed by atoms with Crippen LogP contribution >= 0.6 is 0 Å². The summed E-state index contributed by atoms with van der Waals surface area (Å²) >= 11 is 0. The number of hydrogen-bond donors (Lipinski definition) is 0. The van der Waals surface area contributed by atoms with Crippen LogP contribution in [0.4, 0.5) is 10.1 Å². The third-order valence-electron chi connectivity index (χ3n) is 4.86. The summed E-state index contributed by atoms with van der Waals surface area (Å²) in [4.78, 5) is 26.2. The van der Waals surface area contributed by atoms with Gasteiger partial charge in [-0.3, -0.25) is 4.79 Å². The average Bonchev–Trinajstić information content (AvgIpc) is 2.86. The minimum atomic E-state index is -0.654. The van der Waals surface area contributed by atoms with Gasteiger partial charge in [0.2, 0.25) is 0 Å². The summed E-state index contributed by atoms with van der Waals surface area (Å²) in [5.74, 6) is -1.34. The van der Waals surface area contributed by atoms with Gasteiger partial charge in [-0.05, 0) is 35.4 Å². The average molecular weight is 379 g/mol. The molecule has 0 N–H and O–H groups in total. The predicted octanol–water partition coefficient (Wildman–Crippen LogP) is 4.26. The lowest BCUT2D eigenvalue weighted by Crippen LogP contribution is -2.25. The SMILES string of the molecule is CN1/C(=C\C(=O)COC(=O)/C=C/c2cccc(F)c2)C(C)(C)c2ccccc21. The van der Waals surface area contributed by atoms with E-state index in [4.69, 9.17) is 4.74 Å². The maximum Gasteiger partial charge on any atom is 0.331 e. The first-order chi connectivity index (χ1) is 13.3. The number of ether oxygens (including phenoxy) is 1. The van der Waals surface area contributed by atoms with Crippen molar-refractivity contribution in [2.75, 3.05) is 18.6 Å². The Morgan fingerprint density at radius 2 is 1.89 bits per heavy atom. The Morgan fingerprint density at radius 3 is 2.61 bits per heavy atom. The largest absolute Gasteiger partial charge is 0.454 e. The lowest BCUT2D eigenvalue weighted by atomic mass is 9.83. The first-order valence-electron chi connectivity index (χ1n) is 8.97. The number of halogens is 1. The number of carbonyl (C=O) groups is 2. The molecule has 4 nitrogen and oxygen atoms in total. The summed E-state index contributed by atoms with van der Waals surface area (Å²) < 4.78 is 18.1. The number of esters is 1. The lowest BCUT2D eigenvalue weighted by molar-refractivity contribution is -0.141. The molecule has 28 heavy (non-hydrogen) atoms. The molecule has 2 aromatic carbocycles. The molecule has 0 aromatic heterocycles. The highest BCUT2D eigenvalue weighted by Gasteiger charge is 2.38. The highest BCUT2D eigenvalue weighted by atomic mass is 19.1. The molecule has 0 saturated heterocycles. The number of nitrogens with zero attached hydrogens (tertiary/aromatic N) is 1. The van der Waals surface area contributed by atoms with Crippen molar-refractivity contribution in [1.29, 1.82) is 0 Å². The van der Waals surface area contributed by atoms with Gasteiger partial charge in [0.05, 0.1) is 0 Å². The van der Waals surface area contributed by atoms with E-state index in [0.29, 0.717) is 5.56 Å². The molecule has 5 heteroatoms. The molecule has 3 rings (SSSR count). The van der Waals surface area contributed by atoms with E-state index in [1.165, 1.54) is 30.4 Å². The van der Waals surface area contributed by atoms with Crippen LogP contribution in [-0.4, -0.2) is 25.4 Å². The van der Waals surface area contributed by atoms with Crippen LogP contribution in [0, 0.1) is 5.82 Å². The van der Waals surface area contributed by atoms with E-state index in [-0.39, 0.29) is 23.6 Å². The number of likely N-dealkylation sites (N-methyl/N-ethyl adjacent to an activating group) is 1. The zero-order valence-electron chi connectivity index (χ0n) is 16.1. The molecule has 0 spiro atoms.